The van der Waals surface area contributed by atoms with E-state index in [9.17, 15) is 0 Å². The minimum absolute atomic E-state index is 0.142. The maximum atomic E-state index is 6.00. The molecule has 3 aromatic rings. The number of ether oxygens (including phenoxy) is 3. The third-order valence-corrected chi connectivity index (χ3v) is 4.73. The summed E-state index contributed by atoms with van der Waals surface area (Å²) in [5.41, 5.74) is 2.10. The number of hydrogen-bond donors (Lipinski definition) is 0. The Hall–Kier alpha value is -3.06. The van der Waals surface area contributed by atoms with Gasteiger partial charge in [-0.25, -0.2) is 0 Å². The fourth-order valence-corrected chi connectivity index (χ4v) is 3.47. The van der Waals surface area contributed by atoms with Gasteiger partial charge in [0.2, 0.25) is 18.5 Å². The van der Waals surface area contributed by atoms with Crippen molar-refractivity contribution in [3.63, 3.8) is 0 Å². The van der Waals surface area contributed by atoms with E-state index >= 15 is 0 Å². The smallest absolute Gasteiger partial charge is 0.241 e. The van der Waals surface area contributed by atoms with E-state index in [-0.39, 0.29) is 12.9 Å². The Bertz CT molecular complexity index is 946. The van der Waals surface area contributed by atoms with Crippen LogP contribution in [0.15, 0.2) is 47.0 Å². The van der Waals surface area contributed by atoms with E-state index in [1.165, 1.54) is 5.56 Å². The molecule has 7 nitrogen and oxygen atoms in total. The van der Waals surface area contributed by atoms with Crippen molar-refractivity contribution in [2.24, 2.45) is 0 Å². The van der Waals surface area contributed by atoms with Gasteiger partial charge >= 0.3 is 0 Å². The summed E-state index contributed by atoms with van der Waals surface area (Å²) >= 11 is 0. The lowest BCUT2D eigenvalue weighted by Crippen LogP contribution is -2.31. The Morgan fingerprint density at radius 2 is 1.96 bits per heavy atom. The summed E-state index contributed by atoms with van der Waals surface area (Å²) in [6.45, 7) is 1.60. The van der Waals surface area contributed by atoms with Gasteiger partial charge in [0.25, 0.3) is 0 Å². The number of hydrogen-bond acceptors (Lipinski definition) is 7. The predicted molar refractivity (Wildman–Crippen MR) is 96.8 cm³/mol. The quantitative estimate of drug-likeness (QED) is 0.688. The summed E-state index contributed by atoms with van der Waals surface area (Å²) in [4.78, 5) is 6.64. The van der Waals surface area contributed by atoms with E-state index < -0.39 is 0 Å². The van der Waals surface area contributed by atoms with Crippen molar-refractivity contribution in [2.75, 3.05) is 20.4 Å². The van der Waals surface area contributed by atoms with Crippen molar-refractivity contribution >= 4 is 0 Å². The van der Waals surface area contributed by atoms with Crippen LogP contribution in [0, 0.1) is 0 Å². The Labute approximate surface area is 156 Å². The standard InChI is InChI=1S/C20H19N3O4/c1-23(10-15-8-13-4-2-3-5-16(13)26-15)11-19-21-20(22-27-19)14-6-7-17-18(9-14)25-12-24-17/h2-7,9,15H,8,10-12H2,1H3/t15-/m0/s1. The normalized spacial score (nSPS) is 17.2. The van der Waals surface area contributed by atoms with Crippen LogP contribution in [0.3, 0.4) is 0 Å². The molecule has 0 spiro atoms. The molecule has 2 aliphatic rings. The largest absolute Gasteiger partial charge is 0.488 e. The molecule has 0 saturated carbocycles. The summed E-state index contributed by atoms with van der Waals surface area (Å²) < 4.78 is 22.1. The highest BCUT2D eigenvalue weighted by Crippen LogP contribution is 2.35. The van der Waals surface area contributed by atoms with Crippen LogP contribution in [0.1, 0.15) is 11.5 Å². The lowest BCUT2D eigenvalue weighted by molar-refractivity contribution is 0.155. The van der Waals surface area contributed by atoms with Crippen molar-refractivity contribution in [1.82, 2.24) is 15.0 Å². The molecule has 0 aliphatic carbocycles. The zero-order chi connectivity index (χ0) is 18.2. The van der Waals surface area contributed by atoms with E-state index in [1.807, 2.05) is 43.4 Å². The van der Waals surface area contributed by atoms with Crippen LogP contribution in [0.4, 0.5) is 0 Å². The van der Waals surface area contributed by atoms with Crippen molar-refractivity contribution in [3.05, 3.63) is 53.9 Å². The molecule has 0 radical (unpaired) electrons. The lowest BCUT2D eigenvalue weighted by atomic mass is 10.1. The highest BCUT2D eigenvalue weighted by atomic mass is 16.7. The number of rotatable bonds is 5. The summed E-state index contributed by atoms with van der Waals surface area (Å²) in [7, 11) is 2.02. The molecular weight excluding hydrogens is 346 g/mol. The van der Waals surface area contributed by atoms with Gasteiger partial charge in [0.05, 0.1) is 6.54 Å². The van der Waals surface area contributed by atoms with Crippen LogP contribution in [-0.2, 0) is 13.0 Å². The van der Waals surface area contributed by atoms with Crippen LogP contribution in [0.2, 0.25) is 0 Å². The molecule has 0 fully saturated rings. The van der Waals surface area contributed by atoms with Crippen molar-refractivity contribution in [1.29, 1.82) is 0 Å². The maximum Gasteiger partial charge on any atom is 0.241 e. The van der Waals surface area contributed by atoms with Crippen LogP contribution >= 0.6 is 0 Å². The summed E-state index contributed by atoms with van der Waals surface area (Å²) in [5, 5.41) is 4.09. The molecule has 0 saturated heterocycles. The molecule has 0 unspecified atom stereocenters. The Morgan fingerprint density at radius 1 is 1.07 bits per heavy atom. The fourth-order valence-electron chi connectivity index (χ4n) is 3.47. The van der Waals surface area contributed by atoms with Crippen molar-refractivity contribution in [3.8, 4) is 28.6 Å². The molecule has 138 valence electrons. The summed E-state index contributed by atoms with van der Waals surface area (Å²) in [6, 6.07) is 13.8. The molecule has 0 amide bonds. The van der Waals surface area contributed by atoms with E-state index in [4.69, 9.17) is 18.7 Å². The Balaban J connectivity index is 1.22. The molecular formula is C20H19N3O4. The van der Waals surface area contributed by atoms with Gasteiger partial charge in [-0.1, -0.05) is 23.4 Å². The summed E-state index contributed by atoms with van der Waals surface area (Å²) in [5.74, 6) is 3.54. The molecule has 0 bridgehead atoms. The monoisotopic (exact) mass is 365 g/mol. The highest BCUT2D eigenvalue weighted by molar-refractivity contribution is 5.61. The first kappa shape index (κ1) is 16.1. The van der Waals surface area contributed by atoms with Crippen molar-refractivity contribution in [2.45, 2.75) is 19.1 Å². The second-order valence-corrected chi connectivity index (χ2v) is 6.83. The molecule has 1 atom stereocenters. The van der Waals surface area contributed by atoms with Crippen LogP contribution in [0.25, 0.3) is 11.4 Å². The van der Waals surface area contributed by atoms with Gasteiger partial charge in [0, 0.05) is 18.5 Å². The maximum absolute atomic E-state index is 6.00. The van der Waals surface area contributed by atoms with Crippen LogP contribution in [0.5, 0.6) is 17.2 Å². The zero-order valence-corrected chi connectivity index (χ0v) is 14.9. The Kier molecular flexibility index (Phi) is 3.94. The molecule has 1 aromatic heterocycles. The lowest BCUT2D eigenvalue weighted by Gasteiger charge is -2.18. The van der Waals surface area contributed by atoms with Crippen LogP contribution in [-0.4, -0.2) is 41.5 Å². The SMILES string of the molecule is CN(Cc1nc(-c2ccc3c(c2)OCO3)no1)C[C@@H]1Cc2ccccc2O1. The first-order valence-corrected chi connectivity index (χ1v) is 8.90. The van der Waals surface area contributed by atoms with E-state index in [0.29, 0.717) is 24.0 Å². The minimum atomic E-state index is 0.142. The van der Waals surface area contributed by atoms with Crippen molar-refractivity contribution < 1.29 is 18.7 Å². The van der Waals surface area contributed by atoms with Gasteiger partial charge in [-0.15, -0.1) is 0 Å². The molecule has 5 rings (SSSR count). The molecule has 7 heteroatoms. The van der Waals surface area contributed by atoms with Gasteiger partial charge in [0.15, 0.2) is 11.5 Å². The Morgan fingerprint density at radius 3 is 2.89 bits per heavy atom. The van der Waals surface area contributed by atoms with E-state index in [2.05, 4.69) is 21.1 Å². The molecule has 27 heavy (non-hydrogen) atoms. The van der Waals surface area contributed by atoms with Gasteiger partial charge in [0.1, 0.15) is 11.9 Å². The number of benzene rings is 2. The average Bonchev–Trinajstić information content (AvgIpc) is 3.39. The molecule has 0 N–H and O–H groups in total. The third-order valence-electron chi connectivity index (χ3n) is 4.73. The average molecular weight is 365 g/mol. The topological polar surface area (TPSA) is 69.9 Å². The number of aromatic nitrogens is 2. The van der Waals surface area contributed by atoms with E-state index in [0.717, 1.165) is 30.0 Å². The number of likely N-dealkylation sites (N-methyl/N-ethyl adjacent to an activating group) is 1. The van der Waals surface area contributed by atoms with E-state index in [1.54, 1.807) is 0 Å². The number of para-hydroxylation sites is 1. The molecule has 2 aliphatic heterocycles. The van der Waals surface area contributed by atoms with Gasteiger partial charge < -0.3 is 18.7 Å². The summed E-state index contributed by atoms with van der Waals surface area (Å²) in [6.07, 6.45) is 1.07. The van der Waals surface area contributed by atoms with Gasteiger partial charge in [-0.3, -0.25) is 4.90 Å². The highest BCUT2D eigenvalue weighted by Gasteiger charge is 2.24. The third kappa shape index (κ3) is 3.21. The molecule has 3 heterocycles. The second kappa shape index (κ2) is 6.59. The second-order valence-electron chi connectivity index (χ2n) is 6.83. The fraction of sp³-hybridized carbons (Fsp3) is 0.300. The predicted octanol–water partition coefficient (Wildman–Crippen LogP) is 2.90. The van der Waals surface area contributed by atoms with Gasteiger partial charge in [-0.05, 0) is 36.9 Å². The molecule has 2 aromatic carbocycles. The number of nitrogens with zero attached hydrogens (tertiary/aromatic N) is 3. The first-order valence-electron chi connectivity index (χ1n) is 8.90. The zero-order valence-electron chi connectivity index (χ0n) is 14.9. The minimum Gasteiger partial charge on any atom is -0.488 e. The van der Waals surface area contributed by atoms with Crippen LogP contribution < -0.4 is 14.2 Å². The number of fused-ring (bicyclic) bond motifs is 2. The first-order chi connectivity index (χ1) is 13.2. The van der Waals surface area contributed by atoms with Gasteiger partial charge in [-0.2, -0.15) is 4.98 Å².